The van der Waals surface area contributed by atoms with Crippen LogP contribution in [0.2, 0.25) is 0 Å². The number of hydrogen-bond acceptors (Lipinski definition) is 3. The smallest absolute Gasteiger partial charge is 0.408 e. The van der Waals surface area contributed by atoms with E-state index in [1.807, 2.05) is 0 Å². The molecule has 0 aliphatic carbocycles. The quantitative estimate of drug-likeness (QED) is 0.731. The van der Waals surface area contributed by atoms with Crippen LogP contribution in [0.1, 0.15) is 15.9 Å². The molecule has 0 fully saturated rings. The molecule has 0 unspecified atom stereocenters. The average molecular weight is 336 g/mol. The third-order valence-corrected chi connectivity index (χ3v) is 3.51. The molecule has 100 valence electrons. The molecule has 1 heterocycles. The van der Waals surface area contributed by atoms with Gasteiger partial charge in [0.05, 0.1) is 9.99 Å². The second kappa shape index (κ2) is 4.72. The van der Waals surface area contributed by atoms with Gasteiger partial charge in [0.1, 0.15) is 5.82 Å². The van der Waals surface area contributed by atoms with Crippen molar-refractivity contribution < 1.29 is 13.6 Å². The van der Waals surface area contributed by atoms with E-state index < -0.39 is 11.6 Å². The monoisotopic (exact) mass is 335 g/mol. The van der Waals surface area contributed by atoms with Crippen molar-refractivity contribution in [3.05, 3.63) is 68.4 Å². The van der Waals surface area contributed by atoms with Gasteiger partial charge in [-0.25, -0.2) is 9.18 Å². The van der Waals surface area contributed by atoms with Crippen LogP contribution in [0.5, 0.6) is 0 Å². The van der Waals surface area contributed by atoms with Crippen LogP contribution in [0.15, 0.2) is 50.1 Å². The Morgan fingerprint density at radius 3 is 2.60 bits per heavy atom. The van der Waals surface area contributed by atoms with Crippen LogP contribution in [-0.4, -0.2) is 10.8 Å². The fraction of sp³-hybridized carbons (Fsp3) is 0. The number of H-pyrrole nitrogens is 1. The van der Waals surface area contributed by atoms with E-state index in [9.17, 15) is 14.0 Å². The number of aromatic amines is 1. The second-order valence-corrected chi connectivity index (χ2v) is 5.04. The summed E-state index contributed by atoms with van der Waals surface area (Å²) < 4.78 is 18.6. The van der Waals surface area contributed by atoms with Crippen LogP contribution in [0.3, 0.4) is 0 Å². The summed E-state index contributed by atoms with van der Waals surface area (Å²) in [4.78, 5) is 25.8. The molecule has 1 aromatic heterocycles. The SMILES string of the molecule is O=C(c1ccc(Br)c(F)c1)c1ccc2[nH]c(=O)oc2c1. The van der Waals surface area contributed by atoms with Crippen molar-refractivity contribution in [2.24, 2.45) is 0 Å². The Morgan fingerprint density at radius 1 is 1.15 bits per heavy atom. The number of halogens is 2. The highest BCUT2D eigenvalue weighted by atomic mass is 79.9. The Kier molecular flexibility index (Phi) is 3.02. The number of carbonyl (C=O) groups is 1. The van der Waals surface area contributed by atoms with E-state index in [2.05, 4.69) is 20.9 Å². The van der Waals surface area contributed by atoms with Gasteiger partial charge in [0.25, 0.3) is 0 Å². The van der Waals surface area contributed by atoms with Gasteiger partial charge in [-0.15, -0.1) is 0 Å². The number of rotatable bonds is 2. The van der Waals surface area contributed by atoms with E-state index in [0.717, 1.165) is 6.07 Å². The van der Waals surface area contributed by atoms with Crippen molar-refractivity contribution in [3.8, 4) is 0 Å². The highest BCUT2D eigenvalue weighted by molar-refractivity contribution is 9.10. The molecule has 20 heavy (non-hydrogen) atoms. The molecule has 0 bridgehead atoms. The van der Waals surface area contributed by atoms with Crippen LogP contribution in [0.25, 0.3) is 11.1 Å². The maximum Gasteiger partial charge on any atom is 0.417 e. The molecule has 2 aromatic carbocycles. The van der Waals surface area contributed by atoms with Gasteiger partial charge >= 0.3 is 5.76 Å². The summed E-state index contributed by atoms with van der Waals surface area (Å²) >= 11 is 3.03. The van der Waals surface area contributed by atoms with Gasteiger partial charge in [-0.3, -0.25) is 9.78 Å². The number of benzene rings is 2. The first kappa shape index (κ1) is 12.8. The fourth-order valence-electron chi connectivity index (χ4n) is 1.89. The third-order valence-electron chi connectivity index (χ3n) is 2.86. The van der Waals surface area contributed by atoms with Gasteiger partial charge < -0.3 is 4.42 Å². The van der Waals surface area contributed by atoms with Crippen LogP contribution >= 0.6 is 15.9 Å². The Hall–Kier alpha value is -2.21. The number of aromatic nitrogens is 1. The number of ketones is 1. The maximum absolute atomic E-state index is 13.4. The lowest BCUT2D eigenvalue weighted by Gasteiger charge is -2.02. The Morgan fingerprint density at radius 2 is 1.85 bits per heavy atom. The fourth-order valence-corrected chi connectivity index (χ4v) is 2.14. The minimum absolute atomic E-state index is 0.225. The first-order chi connectivity index (χ1) is 9.54. The van der Waals surface area contributed by atoms with E-state index in [0.29, 0.717) is 21.1 Å². The van der Waals surface area contributed by atoms with Crippen molar-refractivity contribution in [2.75, 3.05) is 0 Å². The normalized spacial score (nSPS) is 10.9. The number of hydrogen-bond donors (Lipinski definition) is 1. The summed E-state index contributed by atoms with van der Waals surface area (Å²) in [7, 11) is 0. The van der Waals surface area contributed by atoms with Gasteiger partial charge in [-0.1, -0.05) is 0 Å². The molecule has 0 amide bonds. The lowest BCUT2D eigenvalue weighted by atomic mass is 10.0. The van der Waals surface area contributed by atoms with Crippen LogP contribution in [0.4, 0.5) is 4.39 Å². The highest BCUT2D eigenvalue weighted by Crippen LogP contribution is 2.20. The zero-order valence-electron chi connectivity index (χ0n) is 9.94. The van der Waals surface area contributed by atoms with Crippen molar-refractivity contribution in [1.82, 2.24) is 4.98 Å². The first-order valence-electron chi connectivity index (χ1n) is 5.67. The number of fused-ring (bicyclic) bond motifs is 1. The molecule has 6 heteroatoms. The standard InChI is InChI=1S/C14H7BrFNO3/c15-9-3-1-7(5-10(9)16)13(18)8-2-4-11-12(6-8)20-14(19)17-11/h1-6H,(H,17,19). The predicted octanol–water partition coefficient (Wildman–Crippen LogP) is 3.25. The summed E-state index contributed by atoms with van der Waals surface area (Å²) in [5.74, 6) is -1.44. The minimum Gasteiger partial charge on any atom is -0.408 e. The van der Waals surface area contributed by atoms with Gasteiger partial charge in [-0.2, -0.15) is 0 Å². The molecule has 3 rings (SSSR count). The Labute approximate surface area is 120 Å². The minimum atomic E-state index is -0.584. The highest BCUT2D eigenvalue weighted by Gasteiger charge is 2.13. The summed E-state index contributed by atoms with van der Waals surface area (Å²) in [5, 5.41) is 0. The van der Waals surface area contributed by atoms with Gasteiger partial charge in [0.15, 0.2) is 11.4 Å². The van der Waals surface area contributed by atoms with Gasteiger partial charge in [0, 0.05) is 11.1 Å². The molecule has 4 nitrogen and oxygen atoms in total. The van der Waals surface area contributed by atoms with E-state index in [1.165, 1.54) is 18.2 Å². The number of carbonyl (C=O) groups excluding carboxylic acids is 1. The molecule has 0 saturated heterocycles. The van der Waals surface area contributed by atoms with E-state index in [1.54, 1.807) is 12.1 Å². The summed E-state index contributed by atoms with van der Waals surface area (Å²) in [6.45, 7) is 0. The lowest BCUT2D eigenvalue weighted by molar-refractivity contribution is 0.103. The molecule has 3 aromatic rings. The average Bonchev–Trinajstić information content (AvgIpc) is 2.80. The van der Waals surface area contributed by atoms with Crippen molar-refractivity contribution in [2.45, 2.75) is 0 Å². The zero-order chi connectivity index (χ0) is 14.3. The lowest BCUT2D eigenvalue weighted by Crippen LogP contribution is -2.01. The van der Waals surface area contributed by atoms with Crippen molar-refractivity contribution >= 4 is 32.8 Å². The van der Waals surface area contributed by atoms with Crippen LogP contribution < -0.4 is 5.76 Å². The molecule has 0 saturated carbocycles. The maximum atomic E-state index is 13.4. The van der Waals surface area contributed by atoms with E-state index in [-0.39, 0.29) is 11.3 Å². The predicted molar refractivity (Wildman–Crippen MR) is 74.4 cm³/mol. The molecular weight excluding hydrogens is 329 g/mol. The molecule has 0 radical (unpaired) electrons. The van der Waals surface area contributed by atoms with Gasteiger partial charge in [-0.05, 0) is 52.3 Å². The Bertz CT molecular complexity index is 882. The molecule has 0 spiro atoms. The second-order valence-electron chi connectivity index (χ2n) is 4.18. The number of nitrogens with one attached hydrogen (secondary N) is 1. The Balaban J connectivity index is 2.07. The molecule has 0 aliphatic rings. The van der Waals surface area contributed by atoms with Crippen LogP contribution in [0, 0.1) is 5.82 Å². The summed E-state index contributed by atoms with van der Waals surface area (Å²) in [6.07, 6.45) is 0. The third kappa shape index (κ3) is 2.18. The molecule has 0 atom stereocenters. The molecular formula is C14H7BrFNO3. The summed E-state index contributed by atoms with van der Waals surface area (Å²) in [5.41, 5.74) is 1.34. The number of oxazole rings is 1. The van der Waals surface area contributed by atoms with Gasteiger partial charge in [0.2, 0.25) is 0 Å². The zero-order valence-corrected chi connectivity index (χ0v) is 11.5. The topological polar surface area (TPSA) is 63.1 Å². The molecule has 1 N–H and O–H groups in total. The largest absolute Gasteiger partial charge is 0.417 e. The van der Waals surface area contributed by atoms with E-state index in [4.69, 9.17) is 4.42 Å². The van der Waals surface area contributed by atoms with Crippen LogP contribution in [-0.2, 0) is 0 Å². The van der Waals surface area contributed by atoms with E-state index >= 15 is 0 Å². The molecule has 0 aliphatic heterocycles. The first-order valence-corrected chi connectivity index (χ1v) is 6.46. The summed E-state index contributed by atoms with van der Waals surface area (Å²) in [6, 6.07) is 8.72. The van der Waals surface area contributed by atoms with Crippen molar-refractivity contribution in [3.63, 3.8) is 0 Å². The van der Waals surface area contributed by atoms with Crippen molar-refractivity contribution in [1.29, 1.82) is 0 Å².